The van der Waals surface area contributed by atoms with E-state index in [2.05, 4.69) is 10.1 Å². The van der Waals surface area contributed by atoms with Crippen LogP contribution in [0.5, 0.6) is 0 Å². The van der Waals surface area contributed by atoms with E-state index in [-0.39, 0.29) is 23.6 Å². The van der Waals surface area contributed by atoms with Crippen molar-refractivity contribution in [3.8, 4) is 0 Å². The van der Waals surface area contributed by atoms with Crippen molar-refractivity contribution >= 4 is 11.8 Å². The van der Waals surface area contributed by atoms with Gasteiger partial charge in [0.1, 0.15) is 17.3 Å². The standard InChI is InChI=1S/C23H20F2N4O2/c24-17-10-11-19(25)18(15-17)21-28-29(22(30)20-9-4-5-14-27-20)23(31-21,12-6-13-26)16-7-2-1-3-8-16/h1-5,7-11,14-15H,6,12-13,26H2. The number of pyridine rings is 1. The molecule has 4 rings (SSSR count). The van der Waals surface area contributed by atoms with Crippen LogP contribution in [0.15, 0.2) is 78.0 Å². The van der Waals surface area contributed by atoms with E-state index in [1.165, 1.54) is 6.20 Å². The van der Waals surface area contributed by atoms with Gasteiger partial charge in [0.25, 0.3) is 5.91 Å². The van der Waals surface area contributed by atoms with Gasteiger partial charge in [0.05, 0.1) is 5.56 Å². The van der Waals surface area contributed by atoms with Crippen molar-refractivity contribution in [1.82, 2.24) is 9.99 Å². The average molecular weight is 422 g/mol. The number of rotatable bonds is 6. The van der Waals surface area contributed by atoms with Crippen LogP contribution in [0.4, 0.5) is 8.78 Å². The van der Waals surface area contributed by atoms with Gasteiger partial charge < -0.3 is 10.5 Å². The fraction of sp³-hybridized carbons (Fsp3) is 0.174. The quantitative estimate of drug-likeness (QED) is 0.656. The van der Waals surface area contributed by atoms with Gasteiger partial charge in [-0.2, -0.15) is 5.01 Å². The Morgan fingerprint density at radius 2 is 1.84 bits per heavy atom. The molecule has 31 heavy (non-hydrogen) atoms. The van der Waals surface area contributed by atoms with Gasteiger partial charge >= 0.3 is 0 Å². The smallest absolute Gasteiger partial charge is 0.296 e. The zero-order valence-electron chi connectivity index (χ0n) is 16.5. The third kappa shape index (κ3) is 3.89. The molecule has 1 aromatic heterocycles. The van der Waals surface area contributed by atoms with E-state index in [0.717, 1.165) is 23.2 Å². The minimum Gasteiger partial charge on any atom is -0.443 e. The van der Waals surface area contributed by atoms with Crippen molar-refractivity contribution in [2.45, 2.75) is 18.6 Å². The number of benzene rings is 2. The molecule has 6 nitrogen and oxygen atoms in total. The number of nitrogens with zero attached hydrogens (tertiary/aromatic N) is 3. The molecule has 2 aromatic carbocycles. The molecule has 0 radical (unpaired) electrons. The highest BCUT2D eigenvalue weighted by Gasteiger charge is 2.50. The number of aromatic nitrogens is 1. The number of ether oxygens (including phenoxy) is 1. The van der Waals surface area contributed by atoms with Gasteiger partial charge in [-0.3, -0.25) is 9.78 Å². The topological polar surface area (TPSA) is 80.8 Å². The molecule has 2 heterocycles. The normalized spacial score (nSPS) is 17.9. The zero-order valence-corrected chi connectivity index (χ0v) is 16.5. The van der Waals surface area contributed by atoms with Crippen LogP contribution in [0.25, 0.3) is 0 Å². The number of hydrazone groups is 1. The van der Waals surface area contributed by atoms with E-state index >= 15 is 0 Å². The molecule has 158 valence electrons. The maximum atomic E-state index is 14.5. The summed E-state index contributed by atoms with van der Waals surface area (Å²) in [6.45, 7) is 0.340. The first-order valence-corrected chi connectivity index (χ1v) is 9.79. The third-order valence-corrected chi connectivity index (χ3v) is 4.98. The highest BCUT2D eigenvalue weighted by atomic mass is 19.1. The van der Waals surface area contributed by atoms with E-state index in [0.29, 0.717) is 18.5 Å². The predicted molar refractivity (Wildman–Crippen MR) is 111 cm³/mol. The van der Waals surface area contributed by atoms with E-state index in [1.54, 1.807) is 42.5 Å². The van der Waals surface area contributed by atoms with Crippen molar-refractivity contribution in [2.75, 3.05) is 6.54 Å². The number of hydrogen-bond acceptors (Lipinski definition) is 5. The molecular formula is C23H20F2N4O2. The number of carbonyl (C=O) groups is 1. The number of carbonyl (C=O) groups excluding carboxylic acids is 1. The maximum absolute atomic E-state index is 14.5. The van der Waals surface area contributed by atoms with Crippen LogP contribution in [-0.4, -0.2) is 28.3 Å². The molecule has 1 aliphatic rings. The average Bonchev–Trinajstić information content (AvgIpc) is 3.20. The lowest BCUT2D eigenvalue weighted by Gasteiger charge is -2.35. The van der Waals surface area contributed by atoms with Crippen molar-refractivity contribution in [1.29, 1.82) is 0 Å². The van der Waals surface area contributed by atoms with Gasteiger partial charge in [-0.1, -0.05) is 36.4 Å². The molecule has 0 fully saturated rings. The molecule has 8 heteroatoms. The van der Waals surface area contributed by atoms with E-state index in [9.17, 15) is 13.6 Å². The molecule has 1 atom stereocenters. The monoisotopic (exact) mass is 422 g/mol. The van der Waals surface area contributed by atoms with Gasteiger partial charge in [-0.05, 0) is 43.3 Å². The van der Waals surface area contributed by atoms with Crippen LogP contribution in [0.1, 0.15) is 34.5 Å². The minimum atomic E-state index is -1.39. The molecule has 0 saturated heterocycles. The highest BCUT2D eigenvalue weighted by Crippen LogP contribution is 2.41. The van der Waals surface area contributed by atoms with E-state index in [1.807, 2.05) is 6.07 Å². The second kappa shape index (κ2) is 8.61. The highest BCUT2D eigenvalue weighted by molar-refractivity contribution is 6.00. The van der Waals surface area contributed by atoms with Crippen LogP contribution in [0.3, 0.4) is 0 Å². The summed E-state index contributed by atoms with van der Waals surface area (Å²) in [4.78, 5) is 17.5. The summed E-state index contributed by atoms with van der Waals surface area (Å²) in [6.07, 6.45) is 2.27. The van der Waals surface area contributed by atoms with E-state index in [4.69, 9.17) is 10.5 Å². The summed E-state index contributed by atoms with van der Waals surface area (Å²) < 4.78 is 34.6. The molecule has 1 unspecified atom stereocenters. The second-order valence-electron chi connectivity index (χ2n) is 7.01. The molecule has 1 amide bonds. The van der Waals surface area contributed by atoms with Gasteiger partial charge in [-0.25, -0.2) is 8.78 Å². The van der Waals surface area contributed by atoms with Crippen LogP contribution in [0, 0.1) is 11.6 Å². The van der Waals surface area contributed by atoms with Crippen molar-refractivity contribution in [2.24, 2.45) is 10.8 Å². The van der Waals surface area contributed by atoms with Crippen LogP contribution >= 0.6 is 0 Å². The Hall–Kier alpha value is -3.65. The minimum absolute atomic E-state index is 0.142. The number of nitrogens with two attached hydrogens (primary N) is 1. The Labute approximate surface area is 178 Å². The molecule has 0 spiro atoms. The summed E-state index contributed by atoms with van der Waals surface area (Å²) in [6, 6.07) is 16.9. The van der Waals surface area contributed by atoms with E-state index < -0.39 is 23.3 Å². The second-order valence-corrected chi connectivity index (χ2v) is 7.01. The Morgan fingerprint density at radius 1 is 1.06 bits per heavy atom. The fourth-order valence-electron chi connectivity index (χ4n) is 3.50. The predicted octanol–water partition coefficient (Wildman–Crippen LogP) is 3.79. The van der Waals surface area contributed by atoms with Crippen LogP contribution in [0.2, 0.25) is 0 Å². The fourth-order valence-corrected chi connectivity index (χ4v) is 3.50. The molecule has 0 aliphatic carbocycles. The number of amides is 1. The Kier molecular flexibility index (Phi) is 5.73. The van der Waals surface area contributed by atoms with Gasteiger partial charge in [0.15, 0.2) is 0 Å². The number of halogens is 2. The Bertz CT molecular complexity index is 1110. The molecule has 0 bridgehead atoms. The summed E-state index contributed by atoms with van der Waals surface area (Å²) >= 11 is 0. The Balaban J connectivity index is 1.87. The lowest BCUT2D eigenvalue weighted by Crippen LogP contribution is -2.45. The van der Waals surface area contributed by atoms with Crippen molar-refractivity contribution < 1.29 is 18.3 Å². The lowest BCUT2D eigenvalue weighted by molar-refractivity contribution is -0.0596. The first kappa shape index (κ1) is 20.6. The van der Waals surface area contributed by atoms with Gasteiger partial charge in [0, 0.05) is 18.2 Å². The largest absolute Gasteiger partial charge is 0.443 e. The van der Waals surface area contributed by atoms with Crippen molar-refractivity contribution in [3.05, 3.63) is 101 Å². The zero-order chi connectivity index (χ0) is 21.8. The number of hydrogen-bond donors (Lipinski definition) is 1. The molecule has 2 N–H and O–H groups in total. The van der Waals surface area contributed by atoms with Crippen molar-refractivity contribution in [3.63, 3.8) is 0 Å². The summed E-state index contributed by atoms with van der Waals surface area (Å²) in [7, 11) is 0. The van der Waals surface area contributed by atoms with Gasteiger partial charge in [0.2, 0.25) is 11.6 Å². The maximum Gasteiger partial charge on any atom is 0.296 e. The Morgan fingerprint density at radius 3 is 2.55 bits per heavy atom. The SMILES string of the molecule is NCCCC1(c2ccccc2)OC(c2cc(F)ccc2F)=NN1C(=O)c1ccccn1. The first-order chi connectivity index (χ1) is 15.0. The lowest BCUT2D eigenvalue weighted by atomic mass is 9.96. The van der Waals surface area contributed by atoms with Crippen LogP contribution in [-0.2, 0) is 10.5 Å². The van der Waals surface area contributed by atoms with Gasteiger partial charge in [-0.15, -0.1) is 5.10 Å². The first-order valence-electron chi connectivity index (χ1n) is 9.79. The molecule has 0 saturated carbocycles. The molecule has 3 aromatic rings. The summed E-state index contributed by atoms with van der Waals surface area (Å²) in [5, 5.41) is 5.46. The molecular weight excluding hydrogens is 402 g/mol. The molecule has 1 aliphatic heterocycles. The summed E-state index contributed by atoms with van der Waals surface area (Å²) in [5.41, 5.74) is 4.96. The summed E-state index contributed by atoms with van der Waals surface area (Å²) in [5.74, 6) is -2.09. The third-order valence-electron chi connectivity index (χ3n) is 4.98. The van der Waals surface area contributed by atoms with Crippen LogP contribution < -0.4 is 5.73 Å².